The molecule has 1 saturated carbocycles. The summed E-state index contributed by atoms with van der Waals surface area (Å²) in [5.74, 6) is -0.599. The van der Waals surface area contributed by atoms with Crippen LogP contribution in [0.3, 0.4) is 0 Å². The summed E-state index contributed by atoms with van der Waals surface area (Å²) in [5, 5.41) is 5.31. The minimum atomic E-state index is -1.01. The van der Waals surface area contributed by atoms with Crippen LogP contribution in [0.2, 0.25) is 0 Å². The lowest BCUT2D eigenvalue weighted by Gasteiger charge is -2.21. The Morgan fingerprint density at radius 2 is 1.92 bits per heavy atom. The molecular weight excluding hydrogens is 302 g/mol. The van der Waals surface area contributed by atoms with Gasteiger partial charge in [-0.1, -0.05) is 56.3 Å². The van der Waals surface area contributed by atoms with Crippen molar-refractivity contribution in [1.29, 1.82) is 0 Å². The molecule has 1 heterocycles. The van der Waals surface area contributed by atoms with Crippen LogP contribution in [-0.4, -0.2) is 18.5 Å². The first-order valence-corrected chi connectivity index (χ1v) is 8.36. The van der Waals surface area contributed by atoms with E-state index < -0.39 is 5.41 Å². The number of cyclic esters (lactones) is 1. The molecule has 1 saturated heterocycles. The van der Waals surface area contributed by atoms with Crippen LogP contribution in [-0.2, 0) is 14.3 Å². The summed E-state index contributed by atoms with van der Waals surface area (Å²) < 4.78 is 5.13. The van der Waals surface area contributed by atoms with Gasteiger partial charge in [0.2, 0.25) is 5.91 Å². The molecule has 4 rings (SSSR count). The first kappa shape index (κ1) is 15.2. The Morgan fingerprint density at radius 1 is 1.21 bits per heavy atom. The normalized spacial score (nSPS) is 28.1. The number of rotatable bonds is 3. The Morgan fingerprint density at radius 3 is 2.62 bits per heavy atom. The summed E-state index contributed by atoms with van der Waals surface area (Å²) in [6.07, 6.45) is 0. The molecular formula is C20H21NO3. The van der Waals surface area contributed by atoms with Crippen molar-refractivity contribution in [3.8, 4) is 0 Å². The number of fused-ring (bicyclic) bond motifs is 2. The van der Waals surface area contributed by atoms with Gasteiger partial charge in [-0.25, -0.2) is 0 Å². The van der Waals surface area contributed by atoms with Gasteiger partial charge < -0.3 is 10.1 Å². The topological polar surface area (TPSA) is 55.4 Å². The monoisotopic (exact) mass is 323 g/mol. The van der Waals surface area contributed by atoms with E-state index >= 15 is 0 Å². The molecule has 3 atom stereocenters. The van der Waals surface area contributed by atoms with Crippen molar-refractivity contribution in [2.24, 2.45) is 16.7 Å². The van der Waals surface area contributed by atoms with Crippen LogP contribution < -0.4 is 5.32 Å². The summed E-state index contributed by atoms with van der Waals surface area (Å²) in [7, 11) is 0. The highest BCUT2D eigenvalue weighted by atomic mass is 16.5. The first-order valence-electron chi connectivity index (χ1n) is 8.36. The first-order chi connectivity index (χ1) is 11.4. The van der Waals surface area contributed by atoms with Crippen molar-refractivity contribution in [3.63, 3.8) is 0 Å². The second-order valence-electron chi connectivity index (χ2n) is 7.44. The molecule has 0 bridgehead atoms. The molecule has 0 aromatic heterocycles. The van der Waals surface area contributed by atoms with Gasteiger partial charge in [0.1, 0.15) is 0 Å². The summed E-state index contributed by atoms with van der Waals surface area (Å²) in [4.78, 5) is 25.2. The zero-order valence-corrected chi connectivity index (χ0v) is 14.1. The smallest absolute Gasteiger partial charge is 0.322 e. The Hall–Kier alpha value is -2.36. The molecule has 1 amide bonds. The van der Waals surface area contributed by atoms with Crippen LogP contribution in [0.15, 0.2) is 42.5 Å². The maximum absolute atomic E-state index is 12.9. The fourth-order valence-corrected chi connectivity index (χ4v) is 4.44. The number of benzene rings is 2. The van der Waals surface area contributed by atoms with Gasteiger partial charge in [0.05, 0.1) is 12.6 Å². The third kappa shape index (κ3) is 1.74. The molecule has 1 aliphatic carbocycles. The van der Waals surface area contributed by atoms with E-state index in [1.54, 1.807) is 0 Å². The molecule has 4 heteroatoms. The molecule has 2 aromatic rings. The molecule has 24 heavy (non-hydrogen) atoms. The molecule has 124 valence electrons. The standard InChI is InChI=1S/C20H21NO3/c1-12(14-10-6-8-13-7-4-5-9-15(13)14)21-17(22)20-16(19(20,2)3)11-24-18(20)23/h4-10,12,16H,11H2,1-3H3,(H,21,22)/t12-,16+,20+/m1/s1. The molecule has 1 aliphatic heterocycles. The van der Waals surface area contributed by atoms with E-state index in [0.29, 0.717) is 6.61 Å². The lowest BCUT2D eigenvalue weighted by molar-refractivity contribution is -0.152. The van der Waals surface area contributed by atoms with Gasteiger partial charge in [-0.3, -0.25) is 9.59 Å². The van der Waals surface area contributed by atoms with Crippen molar-refractivity contribution in [1.82, 2.24) is 5.32 Å². The van der Waals surface area contributed by atoms with Gasteiger partial charge in [-0.05, 0) is 28.7 Å². The van der Waals surface area contributed by atoms with Crippen molar-refractivity contribution in [2.45, 2.75) is 26.8 Å². The minimum Gasteiger partial charge on any atom is -0.464 e. The number of hydrogen-bond donors (Lipinski definition) is 1. The van der Waals surface area contributed by atoms with Crippen LogP contribution in [0.5, 0.6) is 0 Å². The second-order valence-corrected chi connectivity index (χ2v) is 7.44. The molecule has 0 unspecified atom stereocenters. The fourth-order valence-electron chi connectivity index (χ4n) is 4.44. The maximum atomic E-state index is 12.9. The zero-order valence-electron chi connectivity index (χ0n) is 14.1. The number of hydrogen-bond acceptors (Lipinski definition) is 3. The lowest BCUT2D eigenvalue weighted by atomic mass is 9.93. The average Bonchev–Trinajstić information content (AvgIpc) is 2.85. The number of esters is 1. The van der Waals surface area contributed by atoms with Crippen molar-refractivity contribution in [2.75, 3.05) is 6.61 Å². The Kier molecular flexibility index (Phi) is 3.05. The average molecular weight is 323 g/mol. The maximum Gasteiger partial charge on any atom is 0.322 e. The molecule has 0 radical (unpaired) electrons. The predicted octanol–water partition coefficient (Wildman–Crippen LogP) is 3.22. The van der Waals surface area contributed by atoms with Crippen LogP contribution in [0, 0.1) is 16.7 Å². The van der Waals surface area contributed by atoms with E-state index in [1.165, 1.54) is 0 Å². The molecule has 2 aliphatic rings. The highest BCUT2D eigenvalue weighted by Crippen LogP contribution is 2.72. The van der Waals surface area contributed by atoms with Crippen LogP contribution >= 0.6 is 0 Å². The van der Waals surface area contributed by atoms with E-state index in [2.05, 4.69) is 23.5 Å². The van der Waals surface area contributed by atoms with Gasteiger partial charge in [0, 0.05) is 5.92 Å². The summed E-state index contributed by atoms with van der Waals surface area (Å²) >= 11 is 0. The number of nitrogens with one attached hydrogen (secondary N) is 1. The Bertz CT molecular complexity index is 852. The predicted molar refractivity (Wildman–Crippen MR) is 91.2 cm³/mol. The molecule has 2 aromatic carbocycles. The van der Waals surface area contributed by atoms with E-state index in [9.17, 15) is 9.59 Å². The lowest BCUT2D eigenvalue weighted by Crippen LogP contribution is -2.40. The van der Waals surface area contributed by atoms with Gasteiger partial charge in [0.25, 0.3) is 0 Å². The molecule has 0 spiro atoms. The zero-order chi connectivity index (χ0) is 17.1. The van der Waals surface area contributed by atoms with Gasteiger partial charge >= 0.3 is 5.97 Å². The fraction of sp³-hybridized carbons (Fsp3) is 0.400. The Labute approximate surface area is 141 Å². The van der Waals surface area contributed by atoms with Crippen LogP contribution in [0.1, 0.15) is 32.4 Å². The Balaban J connectivity index is 1.64. The second kappa shape index (κ2) is 4.82. The summed E-state index contributed by atoms with van der Waals surface area (Å²) in [6.45, 7) is 6.25. The largest absolute Gasteiger partial charge is 0.464 e. The van der Waals surface area contributed by atoms with Gasteiger partial charge in [0.15, 0.2) is 5.41 Å². The van der Waals surface area contributed by atoms with Crippen molar-refractivity contribution in [3.05, 3.63) is 48.0 Å². The van der Waals surface area contributed by atoms with E-state index in [1.807, 2.05) is 45.0 Å². The van der Waals surface area contributed by atoms with Crippen LogP contribution in [0.25, 0.3) is 10.8 Å². The van der Waals surface area contributed by atoms with Crippen molar-refractivity contribution >= 4 is 22.6 Å². The van der Waals surface area contributed by atoms with E-state index in [-0.39, 0.29) is 29.3 Å². The number of carbonyl (C=O) groups excluding carboxylic acids is 2. The highest BCUT2D eigenvalue weighted by Gasteiger charge is 2.84. The van der Waals surface area contributed by atoms with Gasteiger partial charge in [-0.15, -0.1) is 0 Å². The van der Waals surface area contributed by atoms with E-state index in [0.717, 1.165) is 16.3 Å². The molecule has 1 N–H and O–H groups in total. The van der Waals surface area contributed by atoms with Gasteiger partial charge in [-0.2, -0.15) is 0 Å². The number of ether oxygens (including phenoxy) is 1. The van der Waals surface area contributed by atoms with Crippen molar-refractivity contribution < 1.29 is 14.3 Å². The SMILES string of the molecule is C[C@@H](NC(=O)[C@]12C(=O)OC[C@H]1C2(C)C)c1cccc2ccccc12. The molecule has 2 fully saturated rings. The van der Waals surface area contributed by atoms with E-state index in [4.69, 9.17) is 4.74 Å². The quantitative estimate of drug-likeness (QED) is 0.697. The minimum absolute atomic E-state index is 0.0165. The molecule has 4 nitrogen and oxygen atoms in total. The number of carbonyl (C=O) groups is 2. The number of amides is 1. The third-order valence-electron chi connectivity index (χ3n) is 6.03. The highest BCUT2D eigenvalue weighted by molar-refractivity contribution is 6.09. The summed E-state index contributed by atoms with van der Waals surface area (Å²) in [5.41, 5.74) is -0.282. The third-order valence-corrected chi connectivity index (χ3v) is 6.03. The van der Waals surface area contributed by atoms with Crippen LogP contribution in [0.4, 0.5) is 0 Å². The summed E-state index contributed by atoms with van der Waals surface area (Å²) in [6, 6.07) is 14.0.